The molecule has 2 rings (SSSR count). The first kappa shape index (κ1) is 14.6. The summed E-state index contributed by atoms with van der Waals surface area (Å²) >= 11 is 4.97. The van der Waals surface area contributed by atoms with Gasteiger partial charge in [0.2, 0.25) is 5.65 Å². The predicted molar refractivity (Wildman–Crippen MR) is 84.0 cm³/mol. The lowest BCUT2D eigenvalue weighted by Crippen LogP contribution is -2.32. The quantitative estimate of drug-likeness (QED) is 0.815. The molecule has 0 spiro atoms. The first-order valence-corrected chi connectivity index (χ1v) is 7.09. The molecule has 0 aliphatic carbocycles. The van der Waals surface area contributed by atoms with Crippen molar-refractivity contribution in [1.82, 2.24) is 19.6 Å². The highest BCUT2D eigenvalue weighted by atomic mass is 32.1. The van der Waals surface area contributed by atoms with Gasteiger partial charge in [-0.1, -0.05) is 26.1 Å². The molecule has 0 aromatic carbocycles. The monoisotopic (exact) mass is 292 g/mol. The van der Waals surface area contributed by atoms with E-state index in [1.165, 1.54) is 0 Å². The fourth-order valence-corrected chi connectivity index (χ4v) is 2.21. The number of nitrogens with zero attached hydrogens (tertiary/aromatic N) is 5. The third-order valence-electron chi connectivity index (χ3n) is 2.99. The van der Waals surface area contributed by atoms with E-state index in [4.69, 9.17) is 18.0 Å². The third-order valence-corrected chi connectivity index (χ3v) is 3.20. The minimum atomic E-state index is 0.507. The summed E-state index contributed by atoms with van der Waals surface area (Å²) < 4.78 is 1.94. The van der Waals surface area contributed by atoms with Crippen molar-refractivity contribution < 1.29 is 0 Å². The number of nitrogens with two attached hydrogens (primary N) is 1. The Morgan fingerprint density at radius 1 is 1.45 bits per heavy atom. The Kier molecular flexibility index (Phi) is 4.49. The van der Waals surface area contributed by atoms with Crippen LogP contribution in [0.2, 0.25) is 0 Å². The summed E-state index contributed by atoms with van der Waals surface area (Å²) in [7, 11) is 0. The van der Waals surface area contributed by atoms with Gasteiger partial charge >= 0.3 is 0 Å². The number of hydrogen-bond acceptors (Lipinski definition) is 5. The average Bonchev–Trinajstić information content (AvgIpc) is 2.76. The number of anilines is 1. The Hall–Kier alpha value is -1.76. The zero-order chi connectivity index (χ0) is 14.7. The zero-order valence-electron chi connectivity index (χ0n) is 12.1. The van der Waals surface area contributed by atoms with Crippen LogP contribution in [0.1, 0.15) is 26.1 Å². The molecule has 0 atom stereocenters. The van der Waals surface area contributed by atoms with E-state index >= 15 is 0 Å². The molecule has 6 nitrogen and oxygen atoms in total. The zero-order valence-corrected chi connectivity index (χ0v) is 12.9. The molecule has 0 unspecified atom stereocenters. The first-order valence-electron chi connectivity index (χ1n) is 6.68. The maximum Gasteiger partial charge on any atom is 0.203 e. The summed E-state index contributed by atoms with van der Waals surface area (Å²) in [5.74, 6) is 2.19. The molecular formula is C13H20N6S. The lowest BCUT2D eigenvalue weighted by atomic mass is 10.2. The van der Waals surface area contributed by atoms with Gasteiger partial charge in [0.15, 0.2) is 5.82 Å². The average molecular weight is 292 g/mol. The molecule has 20 heavy (non-hydrogen) atoms. The second kappa shape index (κ2) is 6.13. The molecule has 0 amide bonds. The molecule has 0 bridgehead atoms. The summed E-state index contributed by atoms with van der Waals surface area (Å²) in [6.45, 7) is 7.88. The highest BCUT2D eigenvalue weighted by Gasteiger charge is 2.16. The molecule has 7 heteroatoms. The summed E-state index contributed by atoms with van der Waals surface area (Å²) in [5, 5.41) is 8.33. The van der Waals surface area contributed by atoms with Crippen LogP contribution in [0.25, 0.3) is 5.65 Å². The minimum absolute atomic E-state index is 0.507. The van der Waals surface area contributed by atoms with Gasteiger partial charge in [-0.3, -0.25) is 4.40 Å². The molecular weight excluding hydrogens is 272 g/mol. The van der Waals surface area contributed by atoms with Gasteiger partial charge in [0, 0.05) is 31.9 Å². The minimum Gasteiger partial charge on any atom is -0.393 e. The van der Waals surface area contributed by atoms with E-state index < -0.39 is 0 Å². The second-order valence-corrected chi connectivity index (χ2v) is 5.77. The van der Waals surface area contributed by atoms with Gasteiger partial charge in [-0.15, -0.1) is 10.2 Å². The van der Waals surface area contributed by atoms with E-state index in [2.05, 4.69) is 33.9 Å². The van der Waals surface area contributed by atoms with E-state index in [9.17, 15) is 0 Å². The second-order valence-electron chi connectivity index (χ2n) is 5.25. The van der Waals surface area contributed by atoms with E-state index in [1.807, 2.05) is 17.5 Å². The first-order chi connectivity index (χ1) is 9.49. The van der Waals surface area contributed by atoms with Crippen molar-refractivity contribution in [2.45, 2.75) is 27.2 Å². The van der Waals surface area contributed by atoms with Crippen molar-refractivity contribution in [1.29, 1.82) is 0 Å². The number of fused-ring (bicyclic) bond motifs is 1. The smallest absolute Gasteiger partial charge is 0.203 e. The number of rotatable bonds is 6. The SMILES string of the molecule is Cc1nnc2c(N(CCC(N)=S)CC(C)C)nccn12. The van der Waals surface area contributed by atoms with Crippen molar-refractivity contribution in [3.05, 3.63) is 18.2 Å². The maximum atomic E-state index is 5.62. The summed E-state index contributed by atoms with van der Waals surface area (Å²) in [4.78, 5) is 7.16. The molecule has 0 radical (unpaired) electrons. The van der Waals surface area contributed by atoms with Crippen molar-refractivity contribution in [3.8, 4) is 0 Å². The fraction of sp³-hybridized carbons (Fsp3) is 0.538. The molecule has 2 N–H and O–H groups in total. The van der Waals surface area contributed by atoms with Crippen LogP contribution in [0, 0.1) is 12.8 Å². The van der Waals surface area contributed by atoms with Gasteiger partial charge in [-0.2, -0.15) is 0 Å². The topological polar surface area (TPSA) is 72.3 Å². The van der Waals surface area contributed by atoms with Crippen molar-refractivity contribution >= 4 is 28.7 Å². The highest BCUT2D eigenvalue weighted by molar-refractivity contribution is 7.80. The van der Waals surface area contributed by atoms with Gasteiger partial charge in [0.25, 0.3) is 0 Å². The van der Waals surface area contributed by atoms with E-state index in [-0.39, 0.29) is 0 Å². The van der Waals surface area contributed by atoms with Crippen molar-refractivity contribution in [2.75, 3.05) is 18.0 Å². The third kappa shape index (κ3) is 3.22. The van der Waals surface area contributed by atoms with Crippen molar-refractivity contribution in [3.63, 3.8) is 0 Å². The number of hydrogen-bond donors (Lipinski definition) is 1. The molecule has 0 saturated heterocycles. The van der Waals surface area contributed by atoms with Crippen LogP contribution in [-0.2, 0) is 0 Å². The van der Waals surface area contributed by atoms with Gasteiger partial charge in [0.05, 0.1) is 4.99 Å². The molecule has 2 aromatic rings. The Balaban J connectivity index is 2.36. The molecule has 0 fully saturated rings. The van der Waals surface area contributed by atoms with Crippen LogP contribution in [0.5, 0.6) is 0 Å². The van der Waals surface area contributed by atoms with E-state index in [0.717, 1.165) is 30.4 Å². The largest absolute Gasteiger partial charge is 0.393 e. The Labute approximate surface area is 124 Å². The lowest BCUT2D eigenvalue weighted by Gasteiger charge is -2.25. The van der Waals surface area contributed by atoms with Gasteiger partial charge in [-0.25, -0.2) is 4.98 Å². The standard InChI is InChI=1S/C13H20N6S/c1-9(2)8-18(6-4-11(14)20)12-13-17-16-10(3)19(13)7-5-15-12/h5,7,9H,4,6,8H2,1-3H3,(H2,14,20). The normalized spacial score (nSPS) is 11.2. The van der Waals surface area contributed by atoms with Crippen LogP contribution in [0.3, 0.4) is 0 Å². The van der Waals surface area contributed by atoms with Crippen LogP contribution in [0.4, 0.5) is 5.82 Å². The van der Waals surface area contributed by atoms with Crippen molar-refractivity contribution in [2.24, 2.45) is 11.7 Å². The lowest BCUT2D eigenvalue weighted by molar-refractivity contribution is 0.609. The number of aryl methyl sites for hydroxylation is 1. The summed E-state index contributed by atoms with van der Waals surface area (Å²) in [6, 6.07) is 0. The number of aromatic nitrogens is 4. The highest BCUT2D eigenvalue weighted by Crippen LogP contribution is 2.19. The molecule has 108 valence electrons. The predicted octanol–water partition coefficient (Wildman–Crippen LogP) is 1.57. The Morgan fingerprint density at radius 3 is 2.85 bits per heavy atom. The van der Waals surface area contributed by atoms with E-state index in [0.29, 0.717) is 17.3 Å². The Bertz CT molecular complexity index is 606. The van der Waals surface area contributed by atoms with Gasteiger partial charge in [0.1, 0.15) is 5.82 Å². The molecule has 0 aliphatic heterocycles. The van der Waals surface area contributed by atoms with Gasteiger partial charge < -0.3 is 10.6 Å². The molecule has 0 aliphatic rings. The number of thiocarbonyl (C=S) groups is 1. The summed E-state index contributed by atoms with van der Waals surface area (Å²) in [5.41, 5.74) is 6.39. The van der Waals surface area contributed by atoms with Gasteiger partial charge in [-0.05, 0) is 12.8 Å². The van der Waals surface area contributed by atoms with Crippen LogP contribution >= 0.6 is 12.2 Å². The fourth-order valence-electron chi connectivity index (χ4n) is 2.12. The Morgan fingerprint density at radius 2 is 2.20 bits per heavy atom. The maximum absolute atomic E-state index is 5.62. The molecule has 0 saturated carbocycles. The molecule has 2 heterocycles. The molecule has 2 aromatic heterocycles. The summed E-state index contributed by atoms with van der Waals surface area (Å²) in [6.07, 6.45) is 4.31. The van der Waals surface area contributed by atoms with E-state index in [1.54, 1.807) is 6.20 Å². The van der Waals surface area contributed by atoms with Crippen LogP contribution in [-0.4, -0.2) is 37.7 Å². The van der Waals surface area contributed by atoms with Crippen LogP contribution in [0.15, 0.2) is 12.4 Å². The van der Waals surface area contributed by atoms with Crippen LogP contribution < -0.4 is 10.6 Å².